The maximum absolute atomic E-state index is 12.8. The molecular weight excluding hydrogens is 384 g/mol. The minimum Gasteiger partial charge on any atom is -0.491 e. The standard InChI is InChI=1S/C20H29ClN2O5/c1-3-4-6-23-7-5-13(16(24)12-23)11-22-20(25)14-10-15(21)18(26-2)19-17(14)27-8-9-28-19/h10,13,16,24H,3-9,11-12H2,1-2H3,(H,22,25)/t13-,16+/m0/s1. The van der Waals surface area contributed by atoms with Gasteiger partial charge in [0.15, 0.2) is 11.5 Å². The van der Waals surface area contributed by atoms with E-state index < -0.39 is 6.10 Å². The van der Waals surface area contributed by atoms with Gasteiger partial charge < -0.3 is 29.5 Å². The zero-order chi connectivity index (χ0) is 20.1. The summed E-state index contributed by atoms with van der Waals surface area (Å²) in [4.78, 5) is 15.1. The average Bonchev–Trinajstić information content (AvgIpc) is 2.70. The van der Waals surface area contributed by atoms with Crippen LogP contribution < -0.4 is 19.5 Å². The largest absolute Gasteiger partial charge is 0.491 e. The van der Waals surface area contributed by atoms with Gasteiger partial charge in [0.1, 0.15) is 13.2 Å². The molecule has 1 amide bonds. The summed E-state index contributed by atoms with van der Waals surface area (Å²) in [5.41, 5.74) is 0.315. The zero-order valence-electron chi connectivity index (χ0n) is 16.5. The fourth-order valence-corrected chi connectivity index (χ4v) is 3.97. The van der Waals surface area contributed by atoms with Crippen molar-refractivity contribution in [3.05, 3.63) is 16.7 Å². The molecule has 1 saturated heterocycles. The first-order valence-corrected chi connectivity index (χ1v) is 10.3. The second kappa shape index (κ2) is 9.67. The number of hydrogen-bond donors (Lipinski definition) is 2. The molecule has 3 rings (SSSR count). The molecule has 0 aliphatic carbocycles. The third kappa shape index (κ3) is 4.64. The van der Waals surface area contributed by atoms with E-state index in [2.05, 4.69) is 17.1 Å². The van der Waals surface area contributed by atoms with E-state index in [1.54, 1.807) is 0 Å². The normalized spacial score (nSPS) is 22.0. The molecule has 0 aromatic heterocycles. The lowest BCUT2D eigenvalue weighted by Crippen LogP contribution is -2.47. The van der Waals surface area contributed by atoms with Gasteiger partial charge in [-0.3, -0.25) is 4.79 Å². The maximum atomic E-state index is 12.8. The van der Waals surface area contributed by atoms with E-state index in [1.807, 2.05) is 0 Å². The highest BCUT2D eigenvalue weighted by molar-refractivity contribution is 6.33. The summed E-state index contributed by atoms with van der Waals surface area (Å²) < 4.78 is 16.5. The van der Waals surface area contributed by atoms with Crippen molar-refractivity contribution in [1.82, 2.24) is 10.2 Å². The van der Waals surface area contributed by atoms with Crippen molar-refractivity contribution in [2.24, 2.45) is 5.92 Å². The molecule has 0 spiro atoms. The Morgan fingerprint density at radius 2 is 2.14 bits per heavy atom. The van der Waals surface area contributed by atoms with Gasteiger partial charge in [-0.1, -0.05) is 24.9 Å². The number of piperidine rings is 1. The van der Waals surface area contributed by atoms with E-state index in [0.717, 1.165) is 32.4 Å². The molecule has 2 aliphatic rings. The van der Waals surface area contributed by atoms with Crippen LogP contribution >= 0.6 is 11.6 Å². The number of fused-ring (bicyclic) bond motifs is 1. The number of carbonyl (C=O) groups is 1. The van der Waals surface area contributed by atoms with Crippen LogP contribution in [0.3, 0.4) is 0 Å². The smallest absolute Gasteiger partial charge is 0.255 e. The van der Waals surface area contributed by atoms with Crippen molar-refractivity contribution in [3.8, 4) is 17.2 Å². The fourth-order valence-electron chi connectivity index (χ4n) is 3.70. The molecule has 7 nitrogen and oxygen atoms in total. The van der Waals surface area contributed by atoms with Crippen LogP contribution in [-0.2, 0) is 0 Å². The molecule has 0 bridgehead atoms. The molecule has 0 radical (unpaired) electrons. The first-order valence-electron chi connectivity index (χ1n) is 9.89. The van der Waals surface area contributed by atoms with Crippen molar-refractivity contribution < 1.29 is 24.1 Å². The van der Waals surface area contributed by atoms with Gasteiger partial charge in [-0.2, -0.15) is 0 Å². The molecular formula is C20H29ClN2O5. The van der Waals surface area contributed by atoms with Gasteiger partial charge in [0.05, 0.1) is 23.8 Å². The van der Waals surface area contributed by atoms with Crippen molar-refractivity contribution >= 4 is 17.5 Å². The molecule has 1 aromatic carbocycles. The number of nitrogens with one attached hydrogen (secondary N) is 1. The molecule has 28 heavy (non-hydrogen) atoms. The molecule has 2 aliphatic heterocycles. The molecule has 1 fully saturated rings. The number of carbonyl (C=O) groups excluding carboxylic acids is 1. The summed E-state index contributed by atoms with van der Waals surface area (Å²) in [6.45, 7) is 5.90. The van der Waals surface area contributed by atoms with Crippen LogP contribution in [0.4, 0.5) is 0 Å². The minimum atomic E-state index is -0.446. The van der Waals surface area contributed by atoms with Crippen molar-refractivity contribution in [2.45, 2.75) is 32.3 Å². The number of nitrogens with zero attached hydrogens (tertiary/aromatic N) is 1. The number of aliphatic hydroxyl groups excluding tert-OH is 1. The zero-order valence-corrected chi connectivity index (χ0v) is 17.3. The van der Waals surface area contributed by atoms with E-state index in [-0.39, 0.29) is 11.8 Å². The number of aliphatic hydroxyl groups is 1. The van der Waals surface area contributed by atoms with Crippen LogP contribution in [0.5, 0.6) is 17.2 Å². The van der Waals surface area contributed by atoms with Gasteiger partial charge >= 0.3 is 0 Å². The number of ether oxygens (including phenoxy) is 3. The van der Waals surface area contributed by atoms with E-state index in [9.17, 15) is 9.90 Å². The predicted octanol–water partition coefficient (Wildman–Crippen LogP) is 2.33. The summed E-state index contributed by atoms with van der Waals surface area (Å²) in [5.74, 6) is 0.800. The molecule has 0 saturated carbocycles. The number of hydrogen-bond acceptors (Lipinski definition) is 6. The number of methoxy groups -OCH3 is 1. The maximum Gasteiger partial charge on any atom is 0.255 e. The average molecular weight is 413 g/mol. The summed E-state index contributed by atoms with van der Waals surface area (Å²) in [6, 6.07) is 1.53. The van der Waals surface area contributed by atoms with Crippen LogP contribution in [0.15, 0.2) is 6.07 Å². The second-order valence-corrected chi connectivity index (χ2v) is 7.68. The Bertz CT molecular complexity index is 700. The Morgan fingerprint density at radius 3 is 2.82 bits per heavy atom. The molecule has 2 N–H and O–H groups in total. The van der Waals surface area contributed by atoms with E-state index >= 15 is 0 Å². The van der Waals surface area contributed by atoms with E-state index in [0.29, 0.717) is 54.1 Å². The Labute approximate surface area is 170 Å². The molecule has 1 aromatic rings. The highest BCUT2D eigenvalue weighted by atomic mass is 35.5. The molecule has 0 unspecified atom stereocenters. The lowest BCUT2D eigenvalue weighted by Gasteiger charge is -2.36. The highest BCUT2D eigenvalue weighted by Crippen LogP contribution is 2.46. The fraction of sp³-hybridized carbons (Fsp3) is 0.650. The van der Waals surface area contributed by atoms with E-state index in [1.165, 1.54) is 13.2 Å². The summed E-state index contributed by atoms with van der Waals surface area (Å²) in [6.07, 6.45) is 2.69. The van der Waals surface area contributed by atoms with E-state index in [4.69, 9.17) is 25.8 Å². The van der Waals surface area contributed by atoms with Gasteiger partial charge in [-0.15, -0.1) is 0 Å². The Balaban J connectivity index is 1.64. The second-order valence-electron chi connectivity index (χ2n) is 7.27. The van der Waals surface area contributed by atoms with Crippen LogP contribution in [0.1, 0.15) is 36.5 Å². The van der Waals surface area contributed by atoms with Crippen molar-refractivity contribution in [3.63, 3.8) is 0 Å². The lowest BCUT2D eigenvalue weighted by molar-refractivity contribution is 0.0217. The third-order valence-electron chi connectivity index (χ3n) is 5.33. The number of halogens is 1. The van der Waals surface area contributed by atoms with Gasteiger partial charge in [-0.25, -0.2) is 0 Å². The Hall–Kier alpha value is -1.70. The van der Waals surface area contributed by atoms with Crippen LogP contribution in [-0.4, -0.2) is 68.5 Å². The Morgan fingerprint density at radius 1 is 1.39 bits per heavy atom. The molecule has 8 heteroatoms. The molecule has 156 valence electrons. The van der Waals surface area contributed by atoms with Crippen LogP contribution in [0, 0.1) is 5.92 Å². The SMILES string of the molecule is CCCCN1CC[C@@H](CNC(=O)c2cc(Cl)c(OC)c3c2OCCO3)[C@H](O)C1. The summed E-state index contributed by atoms with van der Waals surface area (Å²) in [5, 5.41) is 13.7. The third-order valence-corrected chi connectivity index (χ3v) is 5.61. The number of rotatable bonds is 7. The number of benzene rings is 1. The first-order chi connectivity index (χ1) is 13.5. The van der Waals surface area contributed by atoms with Crippen LogP contribution in [0.2, 0.25) is 5.02 Å². The topological polar surface area (TPSA) is 80.3 Å². The summed E-state index contributed by atoms with van der Waals surface area (Å²) >= 11 is 6.25. The van der Waals surface area contributed by atoms with Crippen molar-refractivity contribution in [1.29, 1.82) is 0 Å². The first kappa shape index (κ1) is 21.0. The van der Waals surface area contributed by atoms with Gasteiger partial charge in [0, 0.05) is 19.0 Å². The minimum absolute atomic E-state index is 0.0311. The quantitative estimate of drug-likeness (QED) is 0.715. The molecule has 2 atom stereocenters. The summed E-state index contributed by atoms with van der Waals surface area (Å²) in [7, 11) is 1.49. The van der Waals surface area contributed by atoms with Gasteiger partial charge in [-0.05, 0) is 32.0 Å². The monoisotopic (exact) mass is 412 g/mol. The molecule has 2 heterocycles. The Kier molecular flexibility index (Phi) is 7.26. The van der Waals surface area contributed by atoms with Crippen LogP contribution in [0.25, 0.3) is 0 Å². The number of β-amino-alcohol motifs (C(OH)–C–C–N with tert-alkyl or cyclic N) is 1. The van der Waals surface area contributed by atoms with Gasteiger partial charge in [0.2, 0.25) is 5.75 Å². The number of amides is 1. The highest BCUT2D eigenvalue weighted by Gasteiger charge is 2.30. The number of likely N-dealkylation sites (tertiary alicyclic amines) is 1. The van der Waals surface area contributed by atoms with Crippen molar-refractivity contribution in [2.75, 3.05) is 46.5 Å². The predicted molar refractivity (Wildman–Crippen MR) is 107 cm³/mol. The lowest BCUT2D eigenvalue weighted by atomic mass is 9.93. The number of unbranched alkanes of at least 4 members (excludes halogenated alkanes) is 1. The van der Waals surface area contributed by atoms with Gasteiger partial charge in [0.25, 0.3) is 5.91 Å².